The molecule has 0 fully saturated rings. The van der Waals surface area contributed by atoms with E-state index in [1.54, 1.807) is 12.1 Å². The van der Waals surface area contributed by atoms with Gasteiger partial charge in [-0.1, -0.05) is 44.6 Å². The van der Waals surface area contributed by atoms with Crippen molar-refractivity contribution in [3.8, 4) is 11.8 Å². The van der Waals surface area contributed by atoms with E-state index >= 15 is 0 Å². The van der Waals surface area contributed by atoms with Crippen molar-refractivity contribution >= 4 is 0 Å². The molecule has 2 unspecified atom stereocenters. The molecule has 1 N–H and O–H groups in total. The molecule has 0 aliphatic rings. The summed E-state index contributed by atoms with van der Waals surface area (Å²) in [6.45, 7) is 4.20. The molecule has 0 heterocycles. The van der Waals surface area contributed by atoms with Crippen molar-refractivity contribution in [1.29, 1.82) is 0 Å². The van der Waals surface area contributed by atoms with E-state index in [4.69, 9.17) is 0 Å². The normalized spacial score (nSPS) is 13.6. The van der Waals surface area contributed by atoms with Crippen LogP contribution < -0.4 is 0 Å². The fourth-order valence-electron chi connectivity index (χ4n) is 1.89. The quantitative estimate of drug-likeness (QED) is 0.787. The molecule has 1 rings (SSSR count). The standard InChI is InChI=1S/C16H21FO/c1-3-5-8-14(4-2)16(18)11-10-13-7-6-9-15(17)12-13/h6-7,9,12,14,16,18H,3-5,8H2,1-2H3. The molecule has 1 aromatic rings. The predicted molar refractivity (Wildman–Crippen MR) is 72.6 cm³/mol. The van der Waals surface area contributed by atoms with Crippen molar-refractivity contribution in [1.82, 2.24) is 0 Å². The van der Waals surface area contributed by atoms with E-state index in [0.717, 1.165) is 25.7 Å². The topological polar surface area (TPSA) is 20.2 Å². The lowest BCUT2D eigenvalue weighted by molar-refractivity contribution is 0.150. The van der Waals surface area contributed by atoms with Crippen LogP contribution in [0.3, 0.4) is 0 Å². The predicted octanol–water partition coefficient (Wildman–Crippen LogP) is 3.75. The highest BCUT2D eigenvalue weighted by Crippen LogP contribution is 2.16. The Morgan fingerprint density at radius 3 is 2.72 bits per heavy atom. The Hall–Kier alpha value is -1.33. The van der Waals surface area contributed by atoms with Crippen molar-refractivity contribution in [3.63, 3.8) is 0 Å². The Morgan fingerprint density at radius 2 is 2.11 bits per heavy atom. The Balaban J connectivity index is 2.65. The Labute approximate surface area is 109 Å². The first-order valence-corrected chi connectivity index (χ1v) is 6.62. The SMILES string of the molecule is CCCCC(CC)C(O)C#Cc1cccc(F)c1. The summed E-state index contributed by atoms with van der Waals surface area (Å²) >= 11 is 0. The van der Waals surface area contributed by atoms with Gasteiger partial charge in [0.15, 0.2) is 0 Å². The van der Waals surface area contributed by atoms with E-state index in [2.05, 4.69) is 25.7 Å². The molecule has 0 aliphatic heterocycles. The summed E-state index contributed by atoms with van der Waals surface area (Å²) in [7, 11) is 0. The minimum Gasteiger partial charge on any atom is -0.380 e. The first kappa shape index (κ1) is 14.7. The van der Waals surface area contributed by atoms with Crippen molar-refractivity contribution in [2.45, 2.75) is 45.6 Å². The highest BCUT2D eigenvalue weighted by atomic mass is 19.1. The van der Waals surface area contributed by atoms with Crippen molar-refractivity contribution in [2.24, 2.45) is 5.92 Å². The second-order valence-electron chi connectivity index (χ2n) is 4.54. The molecule has 0 aromatic heterocycles. The molecule has 1 aromatic carbocycles. The second kappa shape index (κ2) is 7.89. The highest BCUT2D eigenvalue weighted by molar-refractivity contribution is 5.35. The number of hydrogen-bond acceptors (Lipinski definition) is 1. The van der Waals surface area contributed by atoms with Crippen LogP contribution in [-0.4, -0.2) is 11.2 Å². The van der Waals surface area contributed by atoms with Gasteiger partial charge in [-0.15, -0.1) is 0 Å². The molecule has 0 saturated carbocycles. The van der Waals surface area contributed by atoms with Gasteiger partial charge in [0.05, 0.1) is 0 Å². The molecule has 0 spiro atoms. The number of halogens is 1. The highest BCUT2D eigenvalue weighted by Gasteiger charge is 2.14. The van der Waals surface area contributed by atoms with Gasteiger partial charge in [-0.3, -0.25) is 0 Å². The van der Waals surface area contributed by atoms with E-state index in [1.165, 1.54) is 12.1 Å². The smallest absolute Gasteiger partial charge is 0.124 e. The van der Waals surface area contributed by atoms with Gasteiger partial charge in [0.25, 0.3) is 0 Å². The maximum absolute atomic E-state index is 13.0. The van der Waals surface area contributed by atoms with Gasteiger partial charge in [0, 0.05) is 5.56 Å². The fraction of sp³-hybridized carbons (Fsp3) is 0.500. The number of unbranched alkanes of at least 4 members (excludes halogenated alkanes) is 1. The van der Waals surface area contributed by atoms with Crippen molar-refractivity contribution in [2.75, 3.05) is 0 Å². The van der Waals surface area contributed by atoms with Gasteiger partial charge in [-0.05, 0) is 37.0 Å². The molecule has 18 heavy (non-hydrogen) atoms. The maximum atomic E-state index is 13.0. The summed E-state index contributed by atoms with van der Waals surface area (Å²) in [5.74, 6) is 5.58. The largest absolute Gasteiger partial charge is 0.380 e. The zero-order valence-corrected chi connectivity index (χ0v) is 11.1. The van der Waals surface area contributed by atoms with Crippen LogP contribution in [0.5, 0.6) is 0 Å². The van der Waals surface area contributed by atoms with Crippen LogP contribution in [0.2, 0.25) is 0 Å². The number of benzene rings is 1. The van der Waals surface area contributed by atoms with Gasteiger partial charge >= 0.3 is 0 Å². The Bertz CT molecular complexity index is 417. The van der Waals surface area contributed by atoms with Gasteiger partial charge in [-0.25, -0.2) is 4.39 Å². The summed E-state index contributed by atoms with van der Waals surface area (Å²) in [4.78, 5) is 0. The van der Waals surface area contributed by atoms with Gasteiger partial charge < -0.3 is 5.11 Å². The number of aliphatic hydroxyl groups excluding tert-OH is 1. The van der Waals surface area contributed by atoms with Crippen LogP contribution in [0, 0.1) is 23.6 Å². The monoisotopic (exact) mass is 248 g/mol. The van der Waals surface area contributed by atoms with E-state index < -0.39 is 6.10 Å². The Kier molecular flexibility index (Phi) is 6.46. The number of hydrogen-bond donors (Lipinski definition) is 1. The molecule has 0 bridgehead atoms. The molecular weight excluding hydrogens is 227 g/mol. The average molecular weight is 248 g/mol. The first-order valence-electron chi connectivity index (χ1n) is 6.62. The Morgan fingerprint density at radius 1 is 1.33 bits per heavy atom. The summed E-state index contributed by atoms with van der Waals surface area (Å²) in [6, 6.07) is 6.14. The lowest BCUT2D eigenvalue weighted by Crippen LogP contribution is -2.17. The minimum atomic E-state index is -0.621. The summed E-state index contributed by atoms with van der Waals surface area (Å²) < 4.78 is 13.0. The average Bonchev–Trinajstić information content (AvgIpc) is 2.37. The maximum Gasteiger partial charge on any atom is 0.124 e. The summed E-state index contributed by atoms with van der Waals surface area (Å²) in [5.41, 5.74) is 0.611. The molecule has 2 atom stereocenters. The molecule has 0 amide bonds. The third-order valence-corrected chi connectivity index (χ3v) is 3.09. The van der Waals surface area contributed by atoms with E-state index in [9.17, 15) is 9.50 Å². The summed E-state index contributed by atoms with van der Waals surface area (Å²) in [5, 5.41) is 10.00. The van der Waals surface area contributed by atoms with Crippen LogP contribution in [0.25, 0.3) is 0 Å². The van der Waals surface area contributed by atoms with Crippen LogP contribution in [0.1, 0.15) is 45.1 Å². The molecule has 0 saturated heterocycles. The zero-order valence-electron chi connectivity index (χ0n) is 11.1. The van der Waals surface area contributed by atoms with Crippen LogP contribution >= 0.6 is 0 Å². The minimum absolute atomic E-state index is 0.214. The molecule has 2 heteroatoms. The molecule has 98 valence electrons. The van der Waals surface area contributed by atoms with Crippen LogP contribution in [-0.2, 0) is 0 Å². The third kappa shape index (κ3) is 4.89. The molecule has 0 radical (unpaired) electrons. The second-order valence-corrected chi connectivity index (χ2v) is 4.54. The zero-order chi connectivity index (χ0) is 13.4. The number of rotatable bonds is 5. The molecule has 1 nitrogen and oxygen atoms in total. The van der Waals surface area contributed by atoms with Crippen LogP contribution in [0.4, 0.5) is 4.39 Å². The third-order valence-electron chi connectivity index (χ3n) is 3.09. The van der Waals surface area contributed by atoms with Crippen molar-refractivity contribution in [3.05, 3.63) is 35.6 Å². The van der Waals surface area contributed by atoms with Crippen LogP contribution in [0.15, 0.2) is 24.3 Å². The fourth-order valence-corrected chi connectivity index (χ4v) is 1.89. The first-order chi connectivity index (χ1) is 8.67. The lowest BCUT2D eigenvalue weighted by atomic mass is 9.93. The summed E-state index contributed by atoms with van der Waals surface area (Å²) in [6.07, 6.45) is 3.52. The molecular formula is C16H21FO. The van der Waals surface area contributed by atoms with Gasteiger partial charge in [-0.2, -0.15) is 0 Å². The van der Waals surface area contributed by atoms with Gasteiger partial charge in [0.1, 0.15) is 11.9 Å². The van der Waals surface area contributed by atoms with Crippen molar-refractivity contribution < 1.29 is 9.50 Å². The van der Waals surface area contributed by atoms with E-state index in [-0.39, 0.29) is 11.7 Å². The molecule has 0 aliphatic carbocycles. The lowest BCUT2D eigenvalue weighted by Gasteiger charge is -2.16. The van der Waals surface area contributed by atoms with E-state index in [1.807, 2.05) is 0 Å². The van der Waals surface area contributed by atoms with Gasteiger partial charge in [0.2, 0.25) is 0 Å². The number of aliphatic hydroxyl groups is 1. The van der Waals surface area contributed by atoms with E-state index in [0.29, 0.717) is 5.56 Å².